The van der Waals surface area contributed by atoms with Crippen molar-refractivity contribution in [2.24, 2.45) is 5.10 Å². The molecule has 0 aliphatic carbocycles. The van der Waals surface area contributed by atoms with Gasteiger partial charge in [0.1, 0.15) is 0 Å². The highest BCUT2D eigenvalue weighted by Gasteiger charge is 2.06. The number of unbranched alkanes of at least 4 members (excludes halogenated alkanes) is 1. The largest absolute Gasteiger partial charge is 0.493 e. The molecule has 0 saturated heterocycles. The molecule has 5 heteroatoms. The normalized spacial score (nSPS) is 10.7. The lowest BCUT2D eigenvalue weighted by molar-refractivity contribution is 0.0955. The highest BCUT2D eigenvalue weighted by Crippen LogP contribution is 2.27. The van der Waals surface area contributed by atoms with Gasteiger partial charge >= 0.3 is 0 Å². The van der Waals surface area contributed by atoms with Gasteiger partial charge in [-0.2, -0.15) is 5.10 Å². The van der Waals surface area contributed by atoms with Crippen LogP contribution >= 0.6 is 0 Å². The van der Waals surface area contributed by atoms with Gasteiger partial charge in [-0.15, -0.1) is 0 Å². The SMILES string of the molecule is CCCCOc1ccc(/C=N/NC(=O)c2ccc(C)cc2)cc1OC. The molecule has 0 spiro atoms. The van der Waals surface area contributed by atoms with Crippen molar-refractivity contribution in [2.45, 2.75) is 26.7 Å². The van der Waals surface area contributed by atoms with Crippen molar-refractivity contribution >= 4 is 12.1 Å². The molecule has 0 radical (unpaired) electrons. The third-order valence-corrected chi connectivity index (χ3v) is 3.64. The van der Waals surface area contributed by atoms with E-state index in [1.165, 1.54) is 0 Å². The summed E-state index contributed by atoms with van der Waals surface area (Å²) in [6, 6.07) is 12.9. The van der Waals surface area contributed by atoms with Gasteiger partial charge in [0.05, 0.1) is 19.9 Å². The molecule has 0 aliphatic rings. The second-order valence-electron chi connectivity index (χ2n) is 5.68. The maximum Gasteiger partial charge on any atom is 0.271 e. The fourth-order valence-electron chi connectivity index (χ4n) is 2.15. The van der Waals surface area contributed by atoms with Crippen LogP contribution in [0.4, 0.5) is 0 Å². The van der Waals surface area contributed by atoms with Crippen LogP contribution in [-0.2, 0) is 0 Å². The van der Waals surface area contributed by atoms with Crippen LogP contribution in [0.1, 0.15) is 41.3 Å². The quantitative estimate of drug-likeness (QED) is 0.450. The number of amides is 1. The van der Waals surface area contributed by atoms with Gasteiger partial charge in [0.25, 0.3) is 5.91 Å². The topological polar surface area (TPSA) is 59.9 Å². The molecule has 2 aromatic carbocycles. The van der Waals surface area contributed by atoms with Crippen LogP contribution in [0.15, 0.2) is 47.6 Å². The summed E-state index contributed by atoms with van der Waals surface area (Å²) in [5.74, 6) is 1.10. The molecule has 2 aromatic rings. The second-order valence-corrected chi connectivity index (χ2v) is 5.68. The third-order valence-electron chi connectivity index (χ3n) is 3.64. The van der Waals surface area contributed by atoms with Gasteiger partial charge in [-0.25, -0.2) is 5.43 Å². The van der Waals surface area contributed by atoms with Crippen molar-refractivity contribution in [2.75, 3.05) is 13.7 Å². The van der Waals surface area contributed by atoms with E-state index in [-0.39, 0.29) is 5.91 Å². The van der Waals surface area contributed by atoms with Crippen molar-refractivity contribution < 1.29 is 14.3 Å². The van der Waals surface area contributed by atoms with E-state index in [1.807, 2.05) is 37.3 Å². The first-order chi connectivity index (χ1) is 12.1. The summed E-state index contributed by atoms with van der Waals surface area (Å²) in [6.07, 6.45) is 3.65. The maximum atomic E-state index is 12.0. The number of benzene rings is 2. The first kappa shape index (κ1) is 18.5. The average molecular weight is 340 g/mol. The summed E-state index contributed by atoms with van der Waals surface area (Å²) < 4.78 is 11.0. The molecular formula is C20H24N2O3. The number of nitrogens with one attached hydrogen (secondary N) is 1. The molecule has 25 heavy (non-hydrogen) atoms. The molecule has 5 nitrogen and oxygen atoms in total. The molecule has 0 bridgehead atoms. The Bertz CT molecular complexity index is 724. The minimum absolute atomic E-state index is 0.247. The number of nitrogens with zero attached hydrogens (tertiary/aromatic N) is 1. The highest BCUT2D eigenvalue weighted by atomic mass is 16.5. The average Bonchev–Trinajstić information content (AvgIpc) is 2.63. The smallest absolute Gasteiger partial charge is 0.271 e. The van der Waals surface area contributed by atoms with E-state index in [2.05, 4.69) is 17.5 Å². The van der Waals surface area contributed by atoms with Crippen LogP contribution in [0.5, 0.6) is 11.5 Å². The third kappa shape index (κ3) is 5.64. The molecule has 1 amide bonds. The Labute approximate surface area is 148 Å². The number of carbonyl (C=O) groups is 1. The number of aryl methyl sites for hydroxylation is 1. The Morgan fingerprint density at radius 1 is 1.16 bits per heavy atom. The molecule has 0 saturated carbocycles. The summed E-state index contributed by atoms with van der Waals surface area (Å²) in [7, 11) is 1.60. The zero-order valence-corrected chi connectivity index (χ0v) is 14.9. The van der Waals surface area contributed by atoms with E-state index in [0.717, 1.165) is 24.0 Å². The van der Waals surface area contributed by atoms with Gasteiger partial charge in [0.2, 0.25) is 0 Å². The number of hydrogen-bond donors (Lipinski definition) is 1. The lowest BCUT2D eigenvalue weighted by Crippen LogP contribution is -2.17. The Balaban J connectivity index is 1.98. The van der Waals surface area contributed by atoms with Crippen LogP contribution in [0, 0.1) is 6.92 Å². The van der Waals surface area contributed by atoms with Gasteiger partial charge in [-0.1, -0.05) is 31.0 Å². The fourth-order valence-corrected chi connectivity index (χ4v) is 2.15. The summed E-state index contributed by atoms with van der Waals surface area (Å²) in [4.78, 5) is 12.0. The number of carbonyl (C=O) groups excluding carboxylic acids is 1. The lowest BCUT2D eigenvalue weighted by atomic mass is 10.1. The standard InChI is InChI=1S/C20H24N2O3/c1-4-5-12-25-18-11-8-16(13-19(18)24-3)14-21-22-20(23)17-9-6-15(2)7-10-17/h6-11,13-14H,4-5,12H2,1-3H3,(H,22,23)/b21-14+. The lowest BCUT2D eigenvalue weighted by Gasteiger charge is -2.10. The van der Waals surface area contributed by atoms with Crippen LogP contribution in [0.3, 0.4) is 0 Å². The molecular weight excluding hydrogens is 316 g/mol. The van der Waals surface area contributed by atoms with Gasteiger partial charge in [-0.05, 0) is 49.2 Å². The zero-order valence-electron chi connectivity index (χ0n) is 14.9. The van der Waals surface area contributed by atoms with E-state index in [9.17, 15) is 4.79 Å². The highest BCUT2D eigenvalue weighted by molar-refractivity contribution is 5.94. The molecule has 0 heterocycles. The Kier molecular flexibility index (Phi) is 7.01. The minimum Gasteiger partial charge on any atom is -0.493 e. The van der Waals surface area contributed by atoms with E-state index < -0.39 is 0 Å². The van der Waals surface area contributed by atoms with Crippen LogP contribution in [0.2, 0.25) is 0 Å². The number of rotatable bonds is 8. The van der Waals surface area contributed by atoms with Gasteiger partial charge < -0.3 is 9.47 Å². The van der Waals surface area contributed by atoms with Crippen molar-refractivity contribution in [1.29, 1.82) is 0 Å². The van der Waals surface area contributed by atoms with Crippen LogP contribution in [-0.4, -0.2) is 25.8 Å². The molecule has 1 N–H and O–H groups in total. The van der Waals surface area contributed by atoms with Gasteiger partial charge in [0, 0.05) is 5.56 Å². The van der Waals surface area contributed by atoms with E-state index >= 15 is 0 Å². The van der Waals surface area contributed by atoms with Crippen LogP contribution in [0.25, 0.3) is 0 Å². The molecule has 0 atom stereocenters. The molecule has 0 fully saturated rings. The first-order valence-corrected chi connectivity index (χ1v) is 8.35. The number of hydrazone groups is 1. The van der Waals surface area contributed by atoms with Crippen molar-refractivity contribution in [3.63, 3.8) is 0 Å². The molecule has 0 aromatic heterocycles. The zero-order chi connectivity index (χ0) is 18.1. The van der Waals surface area contributed by atoms with Crippen molar-refractivity contribution in [3.05, 3.63) is 59.2 Å². The predicted octanol–water partition coefficient (Wildman–Crippen LogP) is 3.95. The number of ether oxygens (including phenoxy) is 2. The fraction of sp³-hybridized carbons (Fsp3) is 0.300. The Morgan fingerprint density at radius 3 is 2.60 bits per heavy atom. The second kappa shape index (κ2) is 9.47. The van der Waals surface area contributed by atoms with Gasteiger partial charge in [-0.3, -0.25) is 4.79 Å². The van der Waals surface area contributed by atoms with Gasteiger partial charge in [0.15, 0.2) is 11.5 Å². The summed E-state index contributed by atoms with van der Waals surface area (Å²) in [5.41, 5.74) is 5.00. The Morgan fingerprint density at radius 2 is 1.92 bits per heavy atom. The monoisotopic (exact) mass is 340 g/mol. The number of hydrogen-bond acceptors (Lipinski definition) is 4. The van der Waals surface area contributed by atoms with E-state index in [4.69, 9.17) is 9.47 Å². The summed E-state index contributed by atoms with van der Waals surface area (Å²) >= 11 is 0. The first-order valence-electron chi connectivity index (χ1n) is 8.35. The molecule has 2 rings (SSSR count). The predicted molar refractivity (Wildman–Crippen MR) is 99.6 cm³/mol. The van der Waals surface area contributed by atoms with E-state index in [1.54, 1.807) is 25.5 Å². The van der Waals surface area contributed by atoms with E-state index in [0.29, 0.717) is 23.7 Å². The van der Waals surface area contributed by atoms with Crippen LogP contribution < -0.4 is 14.9 Å². The maximum absolute atomic E-state index is 12.0. The van der Waals surface area contributed by atoms with Crippen molar-refractivity contribution in [1.82, 2.24) is 5.43 Å². The molecule has 132 valence electrons. The molecule has 0 unspecified atom stereocenters. The number of methoxy groups -OCH3 is 1. The summed E-state index contributed by atoms with van der Waals surface area (Å²) in [6.45, 7) is 4.75. The van der Waals surface area contributed by atoms with Crippen molar-refractivity contribution in [3.8, 4) is 11.5 Å². The Hall–Kier alpha value is -2.82. The minimum atomic E-state index is -0.247. The summed E-state index contributed by atoms with van der Waals surface area (Å²) in [5, 5.41) is 4.00. The molecule has 0 aliphatic heterocycles.